The topological polar surface area (TPSA) is 96.1 Å². The van der Waals surface area contributed by atoms with Crippen LogP contribution in [-0.4, -0.2) is 44.8 Å². The maximum atomic E-state index is 12.6. The predicted molar refractivity (Wildman–Crippen MR) is 106 cm³/mol. The fourth-order valence-electron chi connectivity index (χ4n) is 2.92. The molecule has 0 aliphatic rings. The second-order valence-electron chi connectivity index (χ2n) is 6.48. The van der Waals surface area contributed by atoms with Crippen LogP contribution in [0, 0.1) is 13.8 Å². The van der Waals surface area contributed by atoms with Crippen LogP contribution in [0.15, 0.2) is 36.5 Å². The number of carbonyl (C=O) groups is 1. The lowest BCUT2D eigenvalue weighted by atomic mass is 10.1. The van der Waals surface area contributed by atoms with Crippen LogP contribution < -0.4 is 10.1 Å². The lowest BCUT2D eigenvalue weighted by Crippen LogP contribution is -2.40. The molecule has 0 fully saturated rings. The number of amides is 1. The van der Waals surface area contributed by atoms with Crippen molar-refractivity contribution in [2.45, 2.75) is 26.5 Å². The minimum Gasteiger partial charge on any atom is -0.485 e. The van der Waals surface area contributed by atoms with Gasteiger partial charge in [0.25, 0.3) is 5.91 Å². The van der Waals surface area contributed by atoms with E-state index in [0.717, 1.165) is 11.1 Å². The molecule has 148 valence electrons. The lowest BCUT2D eigenvalue weighted by molar-refractivity contribution is 0.0873. The van der Waals surface area contributed by atoms with Gasteiger partial charge in [0.2, 0.25) is 0 Å². The third-order valence-corrected chi connectivity index (χ3v) is 4.98. The molecular weight excluding hydrogens is 382 g/mol. The van der Waals surface area contributed by atoms with Crippen LogP contribution in [0.2, 0.25) is 5.02 Å². The SMILES string of the molecule is Cc1cccc(COc2cccn3c(C(=O)NC(CO)CO)c(C)nc23)c1Cl. The summed E-state index contributed by atoms with van der Waals surface area (Å²) in [5, 5.41) is 21.6. The molecule has 0 aliphatic heterocycles. The Morgan fingerprint density at radius 1 is 1.25 bits per heavy atom. The number of benzene rings is 1. The number of imidazole rings is 1. The summed E-state index contributed by atoms with van der Waals surface area (Å²) in [5.74, 6) is 0.0834. The van der Waals surface area contributed by atoms with E-state index in [1.807, 2.05) is 25.1 Å². The number of aryl methyl sites for hydroxylation is 2. The number of pyridine rings is 1. The van der Waals surface area contributed by atoms with E-state index in [1.165, 1.54) is 0 Å². The van der Waals surface area contributed by atoms with Crippen molar-refractivity contribution in [1.29, 1.82) is 0 Å². The molecule has 0 saturated heterocycles. The molecule has 28 heavy (non-hydrogen) atoms. The third-order valence-electron chi connectivity index (χ3n) is 4.43. The first-order valence-electron chi connectivity index (χ1n) is 8.83. The zero-order chi connectivity index (χ0) is 20.3. The van der Waals surface area contributed by atoms with Crippen LogP contribution >= 0.6 is 11.6 Å². The monoisotopic (exact) mass is 403 g/mol. The zero-order valence-electron chi connectivity index (χ0n) is 15.6. The number of nitrogens with one attached hydrogen (secondary N) is 1. The van der Waals surface area contributed by atoms with Crippen molar-refractivity contribution >= 4 is 23.2 Å². The van der Waals surface area contributed by atoms with Crippen molar-refractivity contribution in [3.8, 4) is 5.75 Å². The van der Waals surface area contributed by atoms with Crippen LogP contribution in [0.1, 0.15) is 27.3 Å². The Kier molecular flexibility index (Phi) is 6.18. The quantitative estimate of drug-likeness (QED) is 0.562. The summed E-state index contributed by atoms with van der Waals surface area (Å²) in [6, 6.07) is 8.54. The molecular formula is C20H22ClN3O4. The molecule has 1 aromatic carbocycles. The van der Waals surface area contributed by atoms with Crippen molar-refractivity contribution in [1.82, 2.24) is 14.7 Å². The summed E-state index contributed by atoms with van der Waals surface area (Å²) < 4.78 is 7.56. The molecule has 0 spiro atoms. The molecule has 0 saturated carbocycles. The molecule has 3 aromatic rings. The normalized spacial score (nSPS) is 11.2. The summed E-state index contributed by atoms with van der Waals surface area (Å²) in [6.45, 7) is 3.20. The van der Waals surface area contributed by atoms with E-state index in [2.05, 4.69) is 10.3 Å². The number of ether oxygens (including phenoxy) is 1. The van der Waals surface area contributed by atoms with Gasteiger partial charge in [-0.2, -0.15) is 0 Å². The highest BCUT2D eigenvalue weighted by Crippen LogP contribution is 2.25. The van der Waals surface area contributed by atoms with E-state index in [9.17, 15) is 15.0 Å². The number of hydrogen-bond acceptors (Lipinski definition) is 5. The van der Waals surface area contributed by atoms with Crippen molar-refractivity contribution in [3.05, 3.63) is 64.1 Å². The first-order valence-corrected chi connectivity index (χ1v) is 9.21. The maximum Gasteiger partial charge on any atom is 0.270 e. The van der Waals surface area contributed by atoms with Crippen LogP contribution in [0.25, 0.3) is 5.65 Å². The molecule has 3 N–H and O–H groups in total. The molecule has 0 bridgehead atoms. The van der Waals surface area contributed by atoms with Gasteiger partial charge < -0.3 is 20.3 Å². The number of aromatic nitrogens is 2. The van der Waals surface area contributed by atoms with E-state index < -0.39 is 11.9 Å². The van der Waals surface area contributed by atoms with Crippen molar-refractivity contribution in [3.63, 3.8) is 0 Å². The zero-order valence-corrected chi connectivity index (χ0v) is 16.4. The molecule has 0 unspecified atom stereocenters. The first-order chi connectivity index (χ1) is 13.5. The van der Waals surface area contributed by atoms with Gasteiger partial charge in [-0.05, 0) is 31.5 Å². The number of aliphatic hydroxyl groups is 2. The number of halogens is 1. The number of carbonyl (C=O) groups excluding carboxylic acids is 1. The largest absolute Gasteiger partial charge is 0.485 e. The molecule has 7 nitrogen and oxygen atoms in total. The molecule has 8 heteroatoms. The Balaban J connectivity index is 1.89. The Morgan fingerprint density at radius 2 is 2.00 bits per heavy atom. The average molecular weight is 404 g/mol. The van der Waals surface area contributed by atoms with E-state index >= 15 is 0 Å². The van der Waals surface area contributed by atoms with Crippen LogP contribution in [-0.2, 0) is 6.61 Å². The van der Waals surface area contributed by atoms with Gasteiger partial charge in [-0.25, -0.2) is 4.98 Å². The third kappa shape index (κ3) is 3.96. The molecule has 2 aromatic heterocycles. The van der Waals surface area contributed by atoms with Crippen molar-refractivity contribution in [2.75, 3.05) is 13.2 Å². The van der Waals surface area contributed by atoms with Crippen LogP contribution in [0.3, 0.4) is 0 Å². The summed E-state index contributed by atoms with van der Waals surface area (Å²) in [7, 11) is 0. The highest BCUT2D eigenvalue weighted by molar-refractivity contribution is 6.32. The molecule has 0 radical (unpaired) electrons. The second kappa shape index (κ2) is 8.60. The van der Waals surface area contributed by atoms with E-state index in [0.29, 0.717) is 27.8 Å². The van der Waals surface area contributed by atoms with E-state index in [1.54, 1.807) is 29.7 Å². The Bertz CT molecular complexity index is 999. The highest BCUT2D eigenvalue weighted by Gasteiger charge is 2.21. The van der Waals surface area contributed by atoms with Gasteiger partial charge in [0.15, 0.2) is 11.4 Å². The average Bonchev–Trinajstić information content (AvgIpc) is 3.03. The van der Waals surface area contributed by atoms with E-state index in [-0.39, 0.29) is 19.8 Å². The fraction of sp³-hybridized carbons (Fsp3) is 0.300. The van der Waals surface area contributed by atoms with Crippen molar-refractivity contribution in [2.24, 2.45) is 0 Å². The standard InChI is InChI=1S/C20H22ClN3O4/c1-12-5-3-6-14(17(12)21)11-28-16-7-4-8-24-18(13(2)22-19(16)24)20(27)23-15(9-25)10-26/h3-8,15,25-26H,9-11H2,1-2H3,(H,23,27). The summed E-state index contributed by atoms with van der Waals surface area (Å²) >= 11 is 6.33. The maximum absolute atomic E-state index is 12.6. The first kappa shape index (κ1) is 20.1. The highest BCUT2D eigenvalue weighted by atomic mass is 35.5. The van der Waals surface area contributed by atoms with Gasteiger partial charge in [0, 0.05) is 11.8 Å². The molecule has 2 heterocycles. The van der Waals surface area contributed by atoms with Crippen LogP contribution in [0.4, 0.5) is 0 Å². The molecule has 1 amide bonds. The van der Waals surface area contributed by atoms with Gasteiger partial charge in [-0.1, -0.05) is 29.8 Å². The summed E-state index contributed by atoms with van der Waals surface area (Å²) in [5.41, 5.74) is 3.16. The fourth-order valence-corrected chi connectivity index (χ4v) is 3.10. The molecule has 0 atom stereocenters. The molecule has 3 rings (SSSR count). The number of rotatable bonds is 7. The van der Waals surface area contributed by atoms with Gasteiger partial charge >= 0.3 is 0 Å². The van der Waals surface area contributed by atoms with E-state index in [4.69, 9.17) is 16.3 Å². The van der Waals surface area contributed by atoms with Crippen LogP contribution in [0.5, 0.6) is 5.75 Å². The number of nitrogens with zero attached hydrogens (tertiary/aromatic N) is 2. The van der Waals surface area contributed by atoms with Crippen molar-refractivity contribution < 1.29 is 19.7 Å². The Hall–Kier alpha value is -2.61. The predicted octanol–water partition coefficient (Wildman–Crippen LogP) is 2.27. The molecule has 0 aliphatic carbocycles. The lowest BCUT2D eigenvalue weighted by Gasteiger charge is -2.13. The summed E-state index contributed by atoms with van der Waals surface area (Å²) in [4.78, 5) is 17.1. The Labute approximate surface area is 167 Å². The number of fused-ring (bicyclic) bond motifs is 1. The summed E-state index contributed by atoms with van der Waals surface area (Å²) in [6.07, 6.45) is 1.71. The van der Waals surface area contributed by atoms with Gasteiger partial charge in [-0.15, -0.1) is 0 Å². The number of aliphatic hydroxyl groups excluding tert-OH is 2. The smallest absolute Gasteiger partial charge is 0.270 e. The minimum atomic E-state index is -0.736. The van der Waals surface area contributed by atoms with Gasteiger partial charge in [0.05, 0.1) is 30.0 Å². The van der Waals surface area contributed by atoms with Gasteiger partial charge in [0.1, 0.15) is 12.3 Å². The Morgan fingerprint density at radius 3 is 2.71 bits per heavy atom. The minimum absolute atomic E-state index is 0.269. The second-order valence-corrected chi connectivity index (χ2v) is 6.86. The number of hydrogen-bond donors (Lipinski definition) is 3. The van der Waals surface area contributed by atoms with Gasteiger partial charge in [-0.3, -0.25) is 9.20 Å².